The van der Waals surface area contributed by atoms with Crippen molar-refractivity contribution in [2.24, 2.45) is 5.10 Å². The summed E-state index contributed by atoms with van der Waals surface area (Å²) < 4.78 is 16.0. The van der Waals surface area contributed by atoms with Gasteiger partial charge < -0.3 is 14.2 Å². The summed E-state index contributed by atoms with van der Waals surface area (Å²) in [7, 11) is 0. The summed E-state index contributed by atoms with van der Waals surface area (Å²) >= 11 is 12.3. The minimum absolute atomic E-state index is 0.132. The molecule has 8 heteroatoms. The Labute approximate surface area is 160 Å². The van der Waals surface area contributed by atoms with Crippen LogP contribution in [0.4, 0.5) is 0 Å². The molecule has 1 aliphatic heterocycles. The molecule has 0 atom stereocenters. The zero-order chi connectivity index (χ0) is 18.7. The van der Waals surface area contributed by atoms with E-state index in [1.165, 1.54) is 6.21 Å². The van der Waals surface area contributed by atoms with E-state index in [1.54, 1.807) is 24.3 Å². The Kier molecular flexibility index (Phi) is 5.54. The first-order valence-electron chi connectivity index (χ1n) is 7.75. The number of amides is 1. The summed E-state index contributed by atoms with van der Waals surface area (Å²) in [5.74, 6) is 1.22. The summed E-state index contributed by atoms with van der Waals surface area (Å²) in [4.78, 5) is 11.9. The molecule has 0 bridgehead atoms. The van der Waals surface area contributed by atoms with Gasteiger partial charge in [0, 0.05) is 10.6 Å². The molecule has 3 rings (SSSR count). The van der Waals surface area contributed by atoms with E-state index in [9.17, 15) is 4.79 Å². The lowest BCUT2D eigenvalue weighted by molar-refractivity contribution is -0.123. The minimum Gasteiger partial charge on any atom is -0.484 e. The highest BCUT2D eigenvalue weighted by Crippen LogP contribution is 2.40. The molecule has 1 heterocycles. The lowest BCUT2D eigenvalue weighted by Crippen LogP contribution is -2.24. The number of benzene rings is 2. The van der Waals surface area contributed by atoms with Crippen molar-refractivity contribution in [3.63, 3.8) is 0 Å². The topological polar surface area (TPSA) is 69.2 Å². The molecule has 0 spiro atoms. The lowest BCUT2D eigenvalue weighted by atomic mass is 10.1. The molecule has 0 radical (unpaired) electrons. The van der Waals surface area contributed by atoms with Crippen molar-refractivity contribution in [2.75, 3.05) is 13.4 Å². The molecule has 1 amide bonds. The number of nitrogens with one attached hydrogen (secondary N) is 1. The summed E-state index contributed by atoms with van der Waals surface area (Å²) in [6.45, 7) is 3.71. The number of hydrazone groups is 1. The third-order valence-electron chi connectivity index (χ3n) is 3.68. The second kappa shape index (κ2) is 7.85. The number of hydrogen-bond acceptors (Lipinski definition) is 5. The van der Waals surface area contributed by atoms with Gasteiger partial charge in [0.25, 0.3) is 5.91 Å². The van der Waals surface area contributed by atoms with E-state index < -0.39 is 5.91 Å². The van der Waals surface area contributed by atoms with Crippen LogP contribution in [0.5, 0.6) is 17.2 Å². The Hall–Kier alpha value is -2.44. The SMILES string of the molecule is Cc1cc(OCC(=O)NN=Cc2ccc3c(c2Cl)OCO3)cc(C)c1Cl. The molecule has 0 aromatic heterocycles. The highest BCUT2D eigenvalue weighted by Gasteiger charge is 2.18. The zero-order valence-corrected chi connectivity index (χ0v) is 15.6. The average Bonchev–Trinajstić information content (AvgIpc) is 3.09. The van der Waals surface area contributed by atoms with Crippen LogP contribution in [0.2, 0.25) is 10.0 Å². The number of carbonyl (C=O) groups is 1. The average molecular weight is 395 g/mol. The molecular formula is C18H16Cl2N2O4. The first kappa shape index (κ1) is 18.4. The molecule has 0 unspecified atom stereocenters. The van der Waals surface area contributed by atoms with Crippen molar-refractivity contribution >= 4 is 35.3 Å². The Morgan fingerprint density at radius 3 is 2.69 bits per heavy atom. The van der Waals surface area contributed by atoms with E-state index in [2.05, 4.69) is 10.5 Å². The molecule has 2 aromatic carbocycles. The van der Waals surface area contributed by atoms with E-state index >= 15 is 0 Å². The minimum atomic E-state index is -0.400. The summed E-state index contributed by atoms with van der Waals surface area (Å²) in [6, 6.07) is 7.00. The second-order valence-corrected chi connectivity index (χ2v) is 6.41. The number of rotatable bonds is 5. The van der Waals surface area contributed by atoms with E-state index in [0.717, 1.165) is 11.1 Å². The fourth-order valence-corrected chi connectivity index (χ4v) is 2.77. The van der Waals surface area contributed by atoms with Crippen LogP contribution in [0.1, 0.15) is 16.7 Å². The summed E-state index contributed by atoms with van der Waals surface area (Å²) in [5.41, 5.74) is 4.76. The van der Waals surface area contributed by atoms with Crippen LogP contribution in [-0.2, 0) is 4.79 Å². The largest absolute Gasteiger partial charge is 0.484 e. The van der Waals surface area contributed by atoms with Gasteiger partial charge in [0.2, 0.25) is 6.79 Å². The summed E-state index contributed by atoms with van der Waals surface area (Å²) in [6.07, 6.45) is 1.43. The van der Waals surface area contributed by atoms with Gasteiger partial charge in [-0.15, -0.1) is 0 Å². The van der Waals surface area contributed by atoms with E-state index in [4.69, 9.17) is 37.4 Å². The van der Waals surface area contributed by atoms with Crippen molar-refractivity contribution in [1.82, 2.24) is 5.43 Å². The Morgan fingerprint density at radius 2 is 1.96 bits per heavy atom. The van der Waals surface area contributed by atoms with Gasteiger partial charge in [0.1, 0.15) is 5.75 Å². The Balaban J connectivity index is 1.55. The molecule has 0 saturated heterocycles. The van der Waals surface area contributed by atoms with Gasteiger partial charge in [-0.25, -0.2) is 5.43 Å². The molecule has 0 fully saturated rings. The Bertz CT molecular complexity index is 861. The summed E-state index contributed by atoms with van der Waals surface area (Å²) in [5, 5.41) is 4.95. The highest BCUT2D eigenvalue weighted by atomic mass is 35.5. The normalized spacial score (nSPS) is 12.5. The van der Waals surface area contributed by atoms with Crippen molar-refractivity contribution in [2.45, 2.75) is 13.8 Å². The first-order chi connectivity index (χ1) is 12.5. The molecule has 1 N–H and O–H groups in total. The zero-order valence-electron chi connectivity index (χ0n) is 14.1. The first-order valence-corrected chi connectivity index (χ1v) is 8.51. The number of fused-ring (bicyclic) bond motifs is 1. The molecule has 0 aliphatic carbocycles. The van der Waals surface area contributed by atoms with Gasteiger partial charge in [-0.1, -0.05) is 23.2 Å². The van der Waals surface area contributed by atoms with Gasteiger partial charge in [-0.2, -0.15) is 5.10 Å². The maximum Gasteiger partial charge on any atom is 0.277 e. The number of nitrogens with zero attached hydrogens (tertiary/aromatic N) is 1. The van der Waals surface area contributed by atoms with Crippen LogP contribution >= 0.6 is 23.2 Å². The van der Waals surface area contributed by atoms with Crippen LogP contribution in [0.3, 0.4) is 0 Å². The van der Waals surface area contributed by atoms with Crippen LogP contribution < -0.4 is 19.6 Å². The molecule has 136 valence electrons. The maximum absolute atomic E-state index is 11.9. The highest BCUT2D eigenvalue weighted by molar-refractivity contribution is 6.34. The van der Waals surface area contributed by atoms with Gasteiger partial charge in [-0.05, 0) is 49.2 Å². The van der Waals surface area contributed by atoms with Crippen LogP contribution in [0.25, 0.3) is 0 Å². The smallest absolute Gasteiger partial charge is 0.277 e. The molecule has 6 nitrogen and oxygen atoms in total. The molecule has 26 heavy (non-hydrogen) atoms. The maximum atomic E-state index is 11.9. The molecular weight excluding hydrogens is 379 g/mol. The number of halogens is 2. The van der Waals surface area contributed by atoms with Gasteiger partial charge in [-0.3, -0.25) is 4.79 Å². The fraction of sp³-hybridized carbons (Fsp3) is 0.222. The molecule has 2 aromatic rings. The van der Waals surface area contributed by atoms with E-state index in [-0.39, 0.29) is 13.4 Å². The van der Waals surface area contributed by atoms with Crippen molar-refractivity contribution in [3.8, 4) is 17.2 Å². The van der Waals surface area contributed by atoms with Gasteiger partial charge >= 0.3 is 0 Å². The predicted molar refractivity (Wildman–Crippen MR) is 99.7 cm³/mol. The third-order valence-corrected chi connectivity index (χ3v) is 4.67. The van der Waals surface area contributed by atoms with Gasteiger partial charge in [0.15, 0.2) is 18.1 Å². The van der Waals surface area contributed by atoms with E-state index in [0.29, 0.717) is 32.9 Å². The van der Waals surface area contributed by atoms with Crippen LogP contribution in [0, 0.1) is 13.8 Å². The number of carbonyl (C=O) groups excluding carboxylic acids is 1. The van der Waals surface area contributed by atoms with Crippen LogP contribution in [-0.4, -0.2) is 25.5 Å². The lowest BCUT2D eigenvalue weighted by Gasteiger charge is -2.09. The number of aryl methyl sites for hydroxylation is 2. The van der Waals surface area contributed by atoms with E-state index in [1.807, 2.05) is 13.8 Å². The fourth-order valence-electron chi connectivity index (χ4n) is 2.40. The van der Waals surface area contributed by atoms with Crippen LogP contribution in [0.15, 0.2) is 29.4 Å². The Morgan fingerprint density at radius 1 is 1.23 bits per heavy atom. The number of ether oxygens (including phenoxy) is 3. The van der Waals surface area contributed by atoms with Crippen molar-refractivity contribution in [3.05, 3.63) is 51.0 Å². The quantitative estimate of drug-likeness (QED) is 0.617. The standard InChI is InChI=1S/C18H16Cl2N2O4/c1-10-5-13(6-11(2)16(10)19)24-8-15(23)22-21-7-12-3-4-14-18(17(12)20)26-9-25-14/h3-7H,8-9H2,1-2H3,(H,22,23). The van der Waals surface area contributed by atoms with Gasteiger partial charge in [0.05, 0.1) is 11.2 Å². The monoisotopic (exact) mass is 394 g/mol. The van der Waals surface area contributed by atoms with Crippen molar-refractivity contribution < 1.29 is 19.0 Å². The second-order valence-electron chi connectivity index (χ2n) is 5.66. The number of hydrogen-bond donors (Lipinski definition) is 1. The molecule has 0 saturated carbocycles. The third kappa shape index (κ3) is 4.03. The van der Waals surface area contributed by atoms with Crippen molar-refractivity contribution in [1.29, 1.82) is 0 Å². The molecule has 1 aliphatic rings. The predicted octanol–water partition coefficient (Wildman–Crippen LogP) is 3.87.